The molecule has 0 amide bonds. The van der Waals surface area contributed by atoms with E-state index in [9.17, 15) is 4.39 Å². The molecule has 0 fully saturated rings. The maximum Gasteiger partial charge on any atom is 0.0997 e. The zero-order chi connectivity index (χ0) is 11.3. The van der Waals surface area contributed by atoms with Crippen molar-refractivity contribution in [3.63, 3.8) is 0 Å². The summed E-state index contributed by atoms with van der Waals surface area (Å²) in [5, 5.41) is 8.85. The zero-order valence-corrected chi connectivity index (χ0v) is 8.33. The van der Waals surface area contributed by atoms with Gasteiger partial charge in [-0.05, 0) is 19.1 Å². The first-order valence-electron chi connectivity index (χ1n) is 4.32. The molecule has 0 aliphatic carbocycles. The Morgan fingerprint density at radius 3 is 2.80 bits per heavy atom. The Labute approximate surface area is 87.6 Å². The molecule has 76 valence electrons. The smallest absolute Gasteiger partial charge is 0.0997 e. The van der Waals surface area contributed by atoms with Crippen molar-refractivity contribution in [1.29, 1.82) is 5.26 Å². The van der Waals surface area contributed by atoms with Crippen LogP contribution < -0.4 is 0 Å². The number of nitrogens with zero attached hydrogens (tertiary/aromatic N) is 1. The van der Waals surface area contributed by atoms with E-state index in [2.05, 4.69) is 6.58 Å². The van der Waals surface area contributed by atoms with Crippen LogP contribution in [0.5, 0.6) is 0 Å². The number of hydrogen-bond acceptors (Lipinski definition) is 2. The second kappa shape index (κ2) is 4.97. The summed E-state index contributed by atoms with van der Waals surface area (Å²) in [6.45, 7) is 4.82. The Kier molecular flexibility index (Phi) is 3.64. The van der Waals surface area contributed by atoms with Gasteiger partial charge in [-0.1, -0.05) is 12.7 Å². The highest BCUT2D eigenvalue weighted by molar-refractivity contribution is 5.80. The topological polar surface area (TPSA) is 36.9 Å². The van der Waals surface area contributed by atoms with Crippen molar-refractivity contribution in [2.75, 3.05) is 0 Å². The first kappa shape index (κ1) is 11.0. The molecule has 1 aromatic heterocycles. The molecule has 1 aromatic rings. The van der Waals surface area contributed by atoms with E-state index in [1.165, 1.54) is 31.6 Å². The standard InChI is InChI=1S/C12H10FNO/c1-3-10(7-14)12(6-9(2)13)11-4-5-15-8-11/h3-6,8H,1H2,2H3/b9-6+,12-10-. The fourth-order valence-corrected chi connectivity index (χ4v) is 1.15. The monoisotopic (exact) mass is 203 g/mol. The molecule has 15 heavy (non-hydrogen) atoms. The van der Waals surface area contributed by atoms with Crippen LogP contribution in [0, 0.1) is 11.3 Å². The van der Waals surface area contributed by atoms with Crippen molar-refractivity contribution in [3.8, 4) is 6.07 Å². The average molecular weight is 203 g/mol. The van der Waals surface area contributed by atoms with Crippen molar-refractivity contribution in [2.45, 2.75) is 6.92 Å². The third kappa shape index (κ3) is 2.68. The first-order valence-corrected chi connectivity index (χ1v) is 4.32. The van der Waals surface area contributed by atoms with Gasteiger partial charge in [0.15, 0.2) is 0 Å². The lowest BCUT2D eigenvalue weighted by Crippen LogP contribution is -1.83. The van der Waals surface area contributed by atoms with Gasteiger partial charge in [-0.2, -0.15) is 5.26 Å². The minimum Gasteiger partial charge on any atom is -0.472 e. The summed E-state index contributed by atoms with van der Waals surface area (Å²) in [6, 6.07) is 3.62. The molecule has 1 heterocycles. The van der Waals surface area contributed by atoms with E-state index in [-0.39, 0.29) is 5.83 Å². The minimum atomic E-state index is -0.374. The Hall–Kier alpha value is -2.08. The van der Waals surface area contributed by atoms with Crippen LogP contribution in [0.1, 0.15) is 12.5 Å². The van der Waals surface area contributed by atoms with Crippen molar-refractivity contribution >= 4 is 5.57 Å². The number of allylic oxidation sites excluding steroid dienone is 5. The number of halogens is 1. The molecule has 0 aromatic carbocycles. The molecular weight excluding hydrogens is 193 g/mol. The molecule has 0 saturated heterocycles. The van der Waals surface area contributed by atoms with E-state index in [0.717, 1.165) is 0 Å². The van der Waals surface area contributed by atoms with Gasteiger partial charge in [-0.3, -0.25) is 0 Å². The lowest BCUT2D eigenvalue weighted by Gasteiger charge is -1.99. The summed E-state index contributed by atoms with van der Waals surface area (Å²) in [5.74, 6) is -0.374. The van der Waals surface area contributed by atoms with Crippen LogP contribution in [0.4, 0.5) is 4.39 Å². The normalized spacial score (nSPS) is 13.0. The van der Waals surface area contributed by atoms with Crippen LogP contribution in [0.25, 0.3) is 5.57 Å². The van der Waals surface area contributed by atoms with Gasteiger partial charge in [0.2, 0.25) is 0 Å². The lowest BCUT2D eigenvalue weighted by atomic mass is 10.0. The van der Waals surface area contributed by atoms with Gasteiger partial charge in [-0.25, -0.2) is 4.39 Å². The SMILES string of the molecule is C=C/C(C#N)=C(\C=C(/C)F)c1ccoc1. The average Bonchev–Trinajstić information content (AvgIpc) is 2.70. The summed E-state index contributed by atoms with van der Waals surface area (Å²) in [5.41, 5.74) is 1.44. The highest BCUT2D eigenvalue weighted by Crippen LogP contribution is 2.22. The maximum absolute atomic E-state index is 12.8. The third-order valence-electron chi connectivity index (χ3n) is 1.79. The number of hydrogen-bond donors (Lipinski definition) is 0. The molecule has 1 rings (SSSR count). The lowest BCUT2D eigenvalue weighted by molar-refractivity contribution is 0.566. The molecule has 0 radical (unpaired) electrons. The molecule has 0 unspecified atom stereocenters. The van der Waals surface area contributed by atoms with Gasteiger partial charge in [0.05, 0.1) is 30.0 Å². The van der Waals surface area contributed by atoms with Crippen LogP contribution in [0.3, 0.4) is 0 Å². The van der Waals surface area contributed by atoms with E-state index in [1.54, 1.807) is 6.07 Å². The van der Waals surface area contributed by atoms with Crippen molar-refractivity contribution in [1.82, 2.24) is 0 Å². The van der Waals surface area contributed by atoms with E-state index >= 15 is 0 Å². The summed E-state index contributed by atoms with van der Waals surface area (Å²) < 4.78 is 17.7. The molecule has 3 heteroatoms. The van der Waals surface area contributed by atoms with Gasteiger partial charge >= 0.3 is 0 Å². The van der Waals surface area contributed by atoms with Gasteiger partial charge in [0.25, 0.3) is 0 Å². The maximum atomic E-state index is 12.8. The molecule has 0 spiro atoms. The van der Waals surface area contributed by atoms with Crippen molar-refractivity contribution in [3.05, 3.63) is 54.3 Å². The van der Waals surface area contributed by atoms with Crippen LogP contribution in [-0.4, -0.2) is 0 Å². The van der Waals surface area contributed by atoms with Crippen molar-refractivity contribution < 1.29 is 8.81 Å². The fourth-order valence-electron chi connectivity index (χ4n) is 1.15. The molecule has 2 nitrogen and oxygen atoms in total. The van der Waals surface area contributed by atoms with Crippen LogP contribution in [-0.2, 0) is 0 Å². The molecular formula is C12H10FNO. The summed E-state index contributed by atoms with van der Waals surface area (Å²) in [4.78, 5) is 0. The number of rotatable bonds is 3. The molecule has 0 N–H and O–H groups in total. The van der Waals surface area contributed by atoms with E-state index in [1.807, 2.05) is 6.07 Å². The van der Waals surface area contributed by atoms with Gasteiger partial charge in [-0.15, -0.1) is 0 Å². The predicted octanol–water partition coefficient (Wildman–Crippen LogP) is 3.62. The molecule has 0 atom stereocenters. The zero-order valence-electron chi connectivity index (χ0n) is 8.33. The minimum absolute atomic E-state index is 0.313. The highest BCUT2D eigenvalue weighted by Gasteiger charge is 2.06. The number of furan rings is 1. The Balaban J connectivity index is 3.34. The molecule has 0 aliphatic heterocycles. The van der Waals surface area contributed by atoms with Gasteiger partial charge in [0.1, 0.15) is 0 Å². The fraction of sp³-hybridized carbons (Fsp3) is 0.0833. The summed E-state index contributed by atoms with van der Waals surface area (Å²) in [7, 11) is 0. The molecule has 0 aliphatic rings. The van der Waals surface area contributed by atoms with Gasteiger partial charge < -0.3 is 4.42 Å². The van der Waals surface area contributed by atoms with Crippen LogP contribution >= 0.6 is 0 Å². The molecule has 0 bridgehead atoms. The summed E-state index contributed by atoms with van der Waals surface area (Å²) in [6.07, 6.45) is 5.59. The van der Waals surface area contributed by atoms with Crippen LogP contribution in [0.15, 0.2) is 53.1 Å². The second-order valence-corrected chi connectivity index (χ2v) is 2.89. The third-order valence-corrected chi connectivity index (χ3v) is 1.79. The summed E-state index contributed by atoms with van der Waals surface area (Å²) >= 11 is 0. The number of nitriles is 1. The molecule has 0 saturated carbocycles. The van der Waals surface area contributed by atoms with E-state index in [0.29, 0.717) is 16.7 Å². The highest BCUT2D eigenvalue weighted by atomic mass is 19.1. The Morgan fingerprint density at radius 2 is 2.40 bits per heavy atom. The Bertz CT molecular complexity index is 442. The van der Waals surface area contributed by atoms with Gasteiger partial charge in [0, 0.05) is 11.1 Å². The first-order chi connectivity index (χ1) is 7.19. The second-order valence-electron chi connectivity index (χ2n) is 2.89. The van der Waals surface area contributed by atoms with Crippen molar-refractivity contribution in [2.24, 2.45) is 0 Å². The van der Waals surface area contributed by atoms with E-state index < -0.39 is 0 Å². The predicted molar refractivity (Wildman–Crippen MR) is 56.3 cm³/mol. The Morgan fingerprint density at radius 1 is 1.67 bits per heavy atom. The van der Waals surface area contributed by atoms with E-state index in [4.69, 9.17) is 9.68 Å². The largest absolute Gasteiger partial charge is 0.472 e. The van der Waals surface area contributed by atoms with Crippen LogP contribution in [0.2, 0.25) is 0 Å². The quantitative estimate of drug-likeness (QED) is 0.555.